The van der Waals surface area contributed by atoms with Crippen LogP contribution >= 0.6 is 0 Å². The number of hydrogen-bond acceptors (Lipinski definition) is 2. The van der Waals surface area contributed by atoms with E-state index in [2.05, 4.69) is 5.32 Å². The van der Waals surface area contributed by atoms with Crippen molar-refractivity contribution in [3.63, 3.8) is 0 Å². The molecule has 98 valence electrons. The quantitative estimate of drug-likeness (QED) is 0.817. The SMILES string of the molecule is Cc1cc(N)ccc1C(=O)Nc1ccc(F)c(F)c1. The van der Waals surface area contributed by atoms with Crippen LogP contribution in [0.1, 0.15) is 15.9 Å². The van der Waals surface area contributed by atoms with Crippen molar-refractivity contribution in [3.05, 3.63) is 59.2 Å². The van der Waals surface area contributed by atoms with Gasteiger partial charge in [-0.2, -0.15) is 0 Å². The first-order valence-corrected chi connectivity index (χ1v) is 5.60. The van der Waals surface area contributed by atoms with E-state index in [0.717, 1.165) is 12.1 Å². The molecule has 0 aliphatic rings. The third kappa shape index (κ3) is 2.88. The summed E-state index contributed by atoms with van der Waals surface area (Å²) in [5.74, 6) is -2.36. The average Bonchev–Trinajstić information content (AvgIpc) is 2.33. The Hall–Kier alpha value is -2.43. The molecule has 0 fully saturated rings. The van der Waals surface area contributed by atoms with Crippen LogP contribution in [-0.2, 0) is 0 Å². The molecule has 0 radical (unpaired) electrons. The van der Waals surface area contributed by atoms with Crippen molar-refractivity contribution >= 4 is 17.3 Å². The standard InChI is InChI=1S/C14H12F2N2O/c1-8-6-9(17)2-4-11(8)14(19)18-10-3-5-12(15)13(16)7-10/h2-7H,17H2,1H3,(H,18,19). The van der Waals surface area contributed by atoms with Gasteiger partial charge in [0.2, 0.25) is 0 Å². The molecule has 5 heteroatoms. The normalized spacial score (nSPS) is 10.3. The molecule has 0 heterocycles. The summed E-state index contributed by atoms with van der Waals surface area (Å²) in [5.41, 5.74) is 7.48. The summed E-state index contributed by atoms with van der Waals surface area (Å²) in [5, 5.41) is 2.50. The molecule has 1 amide bonds. The van der Waals surface area contributed by atoms with E-state index in [1.165, 1.54) is 6.07 Å². The highest BCUT2D eigenvalue weighted by molar-refractivity contribution is 6.05. The zero-order valence-electron chi connectivity index (χ0n) is 10.2. The minimum absolute atomic E-state index is 0.195. The lowest BCUT2D eigenvalue weighted by Crippen LogP contribution is -2.13. The minimum Gasteiger partial charge on any atom is -0.399 e. The number of nitrogens with two attached hydrogens (primary N) is 1. The van der Waals surface area contributed by atoms with Crippen LogP contribution in [0.3, 0.4) is 0 Å². The maximum atomic E-state index is 13.0. The van der Waals surface area contributed by atoms with Crippen LogP contribution in [0.4, 0.5) is 20.2 Å². The molecule has 3 nitrogen and oxygen atoms in total. The number of amides is 1. The number of nitrogen functional groups attached to an aromatic ring is 1. The van der Waals surface area contributed by atoms with Crippen LogP contribution in [0, 0.1) is 18.6 Å². The lowest BCUT2D eigenvalue weighted by molar-refractivity contribution is 0.102. The molecule has 0 aromatic heterocycles. The zero-order chi connectivity index (χ0) is 14.0. The Bertz CT molecular complexity index is 641. The predicted molar refractivity (Wildman–Crippen MR) is 69.9 cm³/mol. The topological polar surface area (TPSA) is 55.1 Å². The van der Waals surface area contributed by atoms with E-state index in [-0.39, 0.29) is 5.69 Å². The number of halogens is 2. The van der Waals surface area contributed by atoms with Gasteiger partial charge in [-0.3, -0.25) is 4.79 Å². The lowest BCUT2D eigenvalue weighted by atomic mass is 10.1. The van der Waals surface area contributed by atoms with Gasteiger partial charge in [-0.1, -0.05) is 0 Å². The van der Waals surface area contributed by atoms with Crippen molar-refractivity contribution in [2.24, 2.45) is 0 Å². The van der Waals surface area contributed by atoms with Gasteiger partial charge in [-0.05, 0) is 42.8 Å². The summed E-state index contributed by atoms with van der Waals surface area (Å²) < 4.78 is 25.8. The summed E-state index contributed by atoms with van der Waals surface area (Å²) in [6.07, 6.45) is 0. The highest BCUT2D eigenvalue weighted by Crippen LogP contribution is 2.17. The number of benzene rings is 2. The van der Waals surface area contributed by atoms with E-state index < -0.39 is 17.5 Å². The van der Waals surface area contributed by atoms with Gasteiger partial charge in [0, 0.05) is 23.0 Å². The average molecular weight is 262 g/mol. The number of carbonyl (C=O) groups is 1. The second-order valence-corrected chi connectivity index (χ2v) is 4.16. The second-order valence-electron chi connectivity index (χ2n) is 4.16. The Morgan fingerprint density at radius 1 is 1.11 bits per heavy atom. The van der Waals surface area contributed by atoms with Crippen LogP contribution in [0.15, 0.2) is 36.4 Å². The predicted octanol–water partition coefficient (Wildman–Crippen LogP) is 3.11. The molecule has 0 spiro atoms. The fraction of sp³-hybridized carbons (Fsp3) is 0.0714. The van der Waals surface area contributed by atoms with Crippen LogP contribution in [0.25, 0.3) is 0 Å². The van der Waals surface area contributed by atoms with Gasteiger partial charge >= 0.3 is 0 Å². The Kier molecular flexibility index (Phi) is 3.46. The van der Waals surface area contributed by atoms with E-state index >= 15 is 0 Å². The molecule has 0 atom stereocenters. The van der Waals surface area contributed by atoms with Gasteiger partial charge in [0.05, 0.1) is 0 Å². The molecule has 2 aromatic carbocycles. The monoisotopic (exact) mass is 262 g/mol. The van der Waals surface area contributed by atoms with Crippen molar-refractivity contribution < 1.29 is 13.6 Å². The summed E-state index contributed by atoms with van der Waals surface area (Å²) in [4.78, 5) is 12.0. The first-order valence-electron chi connectivity index (χ1n) is 5.60. The third-order valence-electron chi connectivity index (χ3n) is 2.67. The van der Waals surface area contributed by atoms with Gasteiger partial charge in [-0.25, -0.2) is 8.78 Å². The van der Waals surface area contributed by atoms with Gasteiger partial charge in [0.25, 0.3) is 5.91 Å². The van der Waals surface area contributed by atoms with Crippen molar-refractivity contribution in [1.82, 2.24) is 0 Å². The number of rotatable bonds is 2. The minimum atomic E-state index is -1.01. The van der Waals surface area contributed by atoms with Gasteiger partial charge in [0.15, 0.2) is 11.6 Å². The van der Waals surface area contributed by atoms with E-state index in [4.69, 9.17) is 5.73 Å². The Balaban J connectivity index is 2.23. The molecule has 0 saturated heterocycles. The molecule has 0 aliphatic carbocycles. The molecule has 0 saturated carbocycles. The first kappa shape index (κ1) is 13.0. The smallest absolute Gasteiger partial charge is 0.255 e. The highest BCUT2D eigenvalue weighted by Gasteiger charge is 2.10. The Labute approximate surface area is 109 Å². The number of anilines is 2. The Morgan fingerprint density at radius 2 is 1.84 bits per heavy atom. The maximum Gasteiger partial charge on any atom is 0.255 e. The van der Waals surface area contributed by atoms with Crippen molar-refractivity contribution in [2.75, 3.05) is 11.1 Å². The zero-order valence-corrected chi connectivity index (χ0v) is 10.2. The van der Waals surface area contributed by atoms with Crippen LogP contribution in [0.2, 0.25) is 0 Å². The second kappa shape index (κ2) is 5.06. The van der Waals surface area contributed by atoms with Crippen molar-refractivity contribution in [2.45, 2.75) is 6.92 Å². The third-order valence-corrected chi connectivity index (χ3v) is 2.67. The van der Waals surface area contributed by atoms with Crippen LogP contribution in [-0.4, -0.2) is 5.91 Å². The van der Waals surface area contributed by atoms with E-state index in [0.29, 0.717) is 16.8 Å². The molecule has 0 bridgehead atoms. The fourth-order valence-electron chi connectivity index (χ4n) is 1.71. The van der Waals surface area contributed by atoms with Gasteiger partial charge < -0.3 is 11.1 Å². The molecule has 0 unspecified atom stereocenters. The molecule has 2 aromatic rings. The molecule has 2 rings (SSSR count). The van der Waals surface area contributed by atoms with Crippen LogP contribution in [0.5, 0.6) is 0 Å². The fourth-order valence-corrected chi connectivity index (χ4v) is 1.71. The molecular formula is C14H12F2N2O. The summed E-state index contributed by atoms with van der Waals surface area (Å²) in [6.45, 7) is 1.75. The molecular weight excluding hydrogens is 250 g/mol. The van der Waals surface area contributed by atoms with E-state index in [9.17, 15) is 13.6 Å². The lowest BCUT2D eigenvalue weighted by Gasteiger charge is -2.08. The molecule has 3 N–H and O–H groups in total. The largest absolute Gasteiger partial charge is 0.399 e. The molecule has 0 aliphatic heterocycles. The summed E-state index contributed by atoms with van der Waals surface area (Å²) in [7, 11) is 0. The number of hydrogen-bond donors (Lipinski definition) is 2. The van der Waals surface area contributed by atoms with Gasteiger partial charge in [-0.15, -0.1) is 0 Å². The number of nitrogens with one attached hydrogen (secondary N) is 1. The summed E-state index contributed by atoms with van der Waals surface area (Å²) in [6, 6.07) is 8.04. The van der Waals surface area contributed by atoms with Gasteiger partial charge in [0.1, 0.15) is 0 Å². The number of carbonyl (C=O) groups excluding carboxylic acids is 1. The first-order chi connectivity index (χ1) is 8.97. The van der Waals surface area contributed by atoms with E-state index in [1.54, 1.807) is 25.1 Å². The maximum absolute atomic E-state index is 13.0. The summed E-state index contributed by atoms with van der Waals surface area (Å²) >= 11 is 0. The Morgan fingerprint density at radius 3 is 2.47 bits per heavy atom. The highest BCUT2D eigenvalue weighted by atomic mass is 19.2. The van der Waals surface area contributed by atoms with E-state index in [1.807, 2.05) is 0 Å². The number of aryl methyl sites for hydroxylation is 1. The molecule has 19 heavy (non-hydrogen) atoms. The van der Waals surface area contributed by atoms with Crippen molar-refractivity contribution in [1.29, 1.82) is 0 Å². The van der Waals surface area contributed by atoms with Crippen LogP contribution < -0.4 is 11.1 Å². The van der Waals surface area contributed by atoms with Crippen molar-refractivity contribution in [3.8, 4) is 0 Å².